The molecule has 0 aliphatic carbocycles. The molecule has 0 atom stereocenters. The molecule has 0 aliphatic rings. The Morgan fingerprint density at radius 3 is 2.50 bits per heavy atom. The van der Waals surface area contributed by atoms with Crippen LogP contribution in [0.3, 0.4) is 0 Å². The van der Waals surface area contributed by atoms with Crippen LogP contribution in [-0.4, -0.2) is 35.8 Å². The minimum atomic E-state index is -0.229. The molecule has 0 radical (unpaired) electrons. The van der Waals surface area contributed by atoms with Gasteiger partial charge in [0.1, 0.15) is 11.6 Å². The fourth-order valence-electron chi connectivity index (χ4n) is 3.56. The molecule has 3 aromatic carbocycles. The number of hydrogen-bond donors (Lipinski definition) is 1. The van der Waals surface area contributed by atoms with Gasteiger partial charge >= 0.3 is 0 Å². The number of halogens is 1. The summed E-state index contributed by atoms with van der Waals surface area (Å²) in [4.78, 5) is 17.0. The van der Waals surface area contributed by atoms with Crippen LogP contribution in [0.4, 0.5) is 0 Å². The maximum Gasteiger partial charge on any atom is 0.258 e. The third kappa shape index (κ3) is 5.99. The summed E-state index contributed by atoms with van der Waals surface area (Å²) in [6.45, 7) is 1.43. The largest absolute Gasteiger partial charge is 0.493 e. The Morgan fingerprint density at radius 2 is 1.71 bits per heavy atom. The lowest BCUT2D eigenvalue weighted by Gasteiger charge is -2.13. The van der Waals surface area contributed by atoms with Crippen LogP contribution in [0.5, 0.6) is 17.2 Å². The van der Waals surface area contributed by atoms with Crippen LogP contribution >= 0.6 is 11.6 Å². The first-order chi connectivity index (χ1) is 16.6. The highest BCUT2D eigenvalue weighted by atomic mass is 35.5. The first-order valence-electron chi connectivity index (χ1n) is 11.0. The van der Waals surface area contributed by atoms with Gasteiger partial charge in [-0.1, -0.05) is 35.9 Å². The molecule has 0 saturated heterocycles. The molecule has 0 fully saturated rings. The van der Waals surface area contributed by atoms with Crippen molar-refractivity contribution in [2.24, 2.45) is 0 Å². The number of ether oxygens (including phenoxy) is 3. The van der Waals surface area contributed by atoms with Crippen molar-refractivity contribution in [2.75, 3.05) is 20.3 Å². The zero-order valence-electron chi connectivity index (χ0n) is 18.9. The second-order valence-corrected chi connectivity index (χ2v) is 7.98. The molecular formula is C26H26ClN3O4. The standard InChI is InChI=1S/C26H26ClN3O4/c1-32-23-9-4-5-10-24(23)33-16-6-15-30-22-8-3-2-7-21(22)29-25(30)17-28-26(31)18-34-20-13-11-19(27)12-14-20/h2-5,7-14H,6,15-18H2,1H3,(H,28,31). The smallest absolute Gasteiger partial charge is 0.258 e. The maximum atomic E-state index is 12.3. The highest BCUT2D eigenvalue weighted by Crippen LogP contribution is 2.26. The Kier molecular flexibility index (Phi) is 7.88. The summed E-state index contributed by atoms with van der Waals surface area (Å²) in [5.74, 6) is 2.56. The molecule has 0 aliphatic heterocycles. The van der Waals surface area contributed by atoms with Crippen LogP contribution in [0.1, 0.15) is 12.2 Å². The number of fused-ring (bicyclic) bond motifs is 1. The number of carbonyl (C=O) groups is 1. The van der Waals surface area contributed by atoms with Crippen LogP contribution in [0.15, 0.2) is 72.8 Å². The van der Waals surface area contributed by atoms with Crippen molar-refractivity contribution >= 4 is 28.5 Å². The van der Waals surface area contributed by atoms with Gasteiger partial charge in [-0.05, 0) is 55.0 Å². The number of methoxy groups -OCH3 is 1. The van der Waals surface area contributed by atoms with E-state index in [1.165, 1.54) is 0 Å². The molecule has 1 N–H and O–H groups in total. The molecule has 1 aromatic heterocycles. The molecule has 34 heavy (non-hydrogen) atoms. The minimum Gasteiger partial charge on any atom is -0.493 e. The Morgan fingerprint density at radius 1 is 0.971 bits per heavy atom. The van der Waals surface area contributed by atoms with E-state index in [2.05, 4.69) is 9.88 Å². The molecule has 0 spiro atoms. The summed E-state index contributed by atoms with van der Waals surface area (Å²) in [7, 11) is 1.63. The average molecular weight is 480 g/mol. The van der Waals surface area contributed by atoms with E-state index in [1.807, 2.05) is 48.5 Å². The van der Waals surface area contributed by atoms with E-state index in [1.54, 1.807) is 31.4 Å². The fraction of sp³-hybridized carbons (Fsp3) is 0.231. The van der Waals surface area contributed by atoms with E-state index in [0.717, 1.165) is 23.3 Å². The van der Waals surface area contributed by atoms with Crippen molar-refractivity contribution in [3.63, 3.8) is 0 Å². The van der Waals surface area contributed by atoms with E-state index in [0.29, 0.717) is 42.0 Å². The first kappa shape index (κ1) is 23.4. The van der Waals surface area contributed by atoms with E-state index < -0.39 is 0 Å². The molecule has 0 bridgehead atoms. The van der Waals surface area contributed by atoms with Gasteiger partial charge in [-0.3, -0.25) is 4.79 Å². The van der Waals surface area contributed by atoms with Crippen molar-refractivity contribution in [1.82, 2.24) is 14.9 Å². The van der Waals surface area contributed by atoms with Gasteiger partial charge < -0.3 is 24.1 Å². The van der Waals surface area contributed by atoms with Crippen LogP contribution in [-0.2, 0) is 17.9 Å². The predicted octanol–water partition coefficient (Wildman–Crippen LogP) is 4.86. The molecule has 8 heteroatoms. The minimum absolute atomic E-state index is 0.0887. The lowest BCUT2D eigenvalue weighted by Crippen LogP contribution is -2.29. The van der Waals surface area contributed by atoms with Crippen molar-refractivity contribution in [1.29, 1.82) is 0 Å². The van der Waals surface area contributed by atoms with Gasteiger partial charge in [0, 0.05) is 11.6 Å². The first-order valence-corrected chi connectivity index (χ1v) is 11.4. The topological polar surface area (TPSA) is 74.6 Å². The molecule has 0 unspecified atom stereocenters. The van der Waals surface area contributed by atoms with E-state index in [-0.39, 0.29) is 12.5 Å². The zero-order chi connectivity index (χ0) is 23.8. The Bertz CT molecular complexity index is 1240. The van der Waals surface area contributed by atoms with Gasteiger partial charge in [0.2, 0.25) is 0 Å². The molecular weight excluding hydrogens is 454 g/mol. The van der Waals surface area contributed by atoms with Gasteiger partial charge in [0.05, 0.1) is 31.3 Å². The Balaban J connectivity index is 1.34. The monoisotopic (exact) mass is 479 g/mol. The second-order valence-electron chi connectivity index (χ2n) is 7.54. The van der Waals surface area contributed by atoms with Crippen LogP contribution < -0.4 is 19.5 Å². The third-order valence-electron chi connectivity index (χ3n) is 5.21. The number of aromatic nitrogens is 2. The van der Waals surface area contributed by atoms with Crippen molar-refractivity contribution in [2.45, 2.75) is 19.5 Å². The van der Waals surface area contributed by atoms with E-state index in [4.69, 9.17) is 30.8 Å². The lowest BCUT2D eigenvalue weighted by molar-refractivity contribution is -0.123. The van der Waals surface area contributed by atoms with Gasteiger partial charge in [-0.2, -0.15) is 0 Å². The average Bonchev–Trinajstić information content (AvgIpc) is 3.22. The highest BCUT2D eigenvalue weighted by Gasteiger charge is 2.12. The fourth-order valence-corrected chi connectivity index (χ4v) is 3.69. The van der Waals surface area contributed by atoms with Crippen molar-refractivity contribution in [3.05, 3.63) is 83.6 Å². The molecule has 7 nitrogen and oxygen atoms in total. The van der Waals surface area contributed by atoms with Gasteiger partial charge in [-0.15, -0.1) is 0 Å². The molecule has 176 valence electrons. The number of nitrogens with one attached hydrogen (secondary N) is 1. The van der Waals surface area contributed by atoms with E-state index in [9.17, 15) is 4.79 Å². The second kappa shape index (κ2) is 11.4. The zero-order valence-corrected chi connectivity index (χ0v) is 19.6. The number of aryl methyl sites for hydroxylation is 1. The lowest BCUT2D eigenvalue weighted by atomic mass is 10.3. The summed E-state index contributed by atoms with van der Waals surface area (Å²) in [5, 5.41) is 3.51. The van der Waals surface area contributed by atoms with Crippen molar-refractivity contribution < 1.29 is 19.0 Å². The number of nitrogens with zero attached hydrogens (tertiary/aromatic N) is 2. The SMILES string of the molecule is COc1ccccc1OCCCn1c(CNC(=O)COc2ccc(Cl)cc2)nc2ccccc21. The molecule has 1 heterocycles. The number of para-hydroxylation sites is 4. The summed E-state index contributed by atoms with van der Waals surface area (Å²) in [6, 6.07) is 22.4. The summed E-state index contributed by atoms with van der Waals surface area (Å²) < 4.78 is 18.9. The molecule has 1 amide bonds. The Hall–Kier alpha value is -3.71. The highest BCUT2D eigenvalue weighted by molar-refractivity contribution is 6.30. The molecule has 4 rings (SSSR count). The molecule has 0 saturated carbocycles. The summed E-state index contributed by atoms with van der Waals surface area (Å²) in [5.41, 5.74) is 1.90. The number of rotatable bonds is 11. The van der Waals surface area contributed by atoms with Crippen LogP contribution in [0.2, 0.25) is 5.02 Å². The number of benzene rings is 3. The quantitative estimate of drug-likeness (QED) is 0.311. The van der Waals surface area contributed by atoms with Crippen LogP contribution in [0.25, 0.3) is 11.0 Å². The predicted molar refractivity (Wildman–Crippen MR) is 132 cm³/mol. The Labute approximate surface area is 203 Å². The van der Waals surface area contributed by atoms with Gasteiger partial charge in [0.15, 0.2) is 18.1 Å². The van der Waals surface area contributed by atoms with Gasteiger partial charge in [-0.25, -0.2) is 4.98 Å². The summed E-state index contributed by atoms with van der Waals surface area (Å²) >= 11 is 5.87. The van der Waals surface area contributed by atoms with E-state index >= 15 is 0 Å². The molecule has 4 aromatic rings. The van der Waals surface area contributed by atoms with Gasteiger partial charge in [0.25, 0.3) is 5.91 Å². The third-order valence-corrected chi connectivity index (χ3v) is 5.47. The number of imidazole rings is 1. The van der Waals surface area contributed by atoms with Crippen molar-refractivity contribution in [3.8, 4) is 17.2 Å². The number of carbonyl (C=O) groups excluding carboxylic acids is 1. The normalized spacial score (nSPS) is 10.8. The number of amides is 1. The summed E-state index contributed by atoms with van der Waals surface area (Å²) in [6.07, 6.45) is 0.763. The maximum absolute atomic E-state index is 12.3. The number of hydrogen-bond acceptors (Lipinski definition) is 5. The van der Waals surface area contributed by atoms with Crippen LogP contribution in [0, 0.1) is 0 Å².